The van der Waals surface area contributed by atoms with Crippen molar-refractivity contribution >= 4 is 58.1 Å². The number of methoxy groups -OCH3 is 1. The van der Waals surface area contributed by atoms with E-state index in [1.165, 1.54) is 49.8 Å². The number of pyridine rings is 1. The molecule has 2 aromatic carbocycles. The topological polar surface area (TPSA) is 163 Å². The monoisotopic (exact) mass is 787 g/mol. The van der Waals surface area contributed by atoms with Crippen molar-refractivity contribution in [1.82, 2.24) is 4.98 Å². The van der Waals surface area contributed by atoms with Gasteiger partial charge in [0.15, 0.2) is 18.1 Å². The lowest BCUT2D eigenvalue weighted by molar-refractivity contribution is -0.153. The number of esters is 3. The first kappa shape index (κ1) is 40.5. The molecule has 1 fully saturated rings. The summed E-state index contributed by atoms with van der Waals surface area (Å²) in [5.41, 5.74) is -0.609. The first-order valence-electron chi connectivity index (χ1n) is 15.7. The maximum Gasteiger partial charge on any atom is 0.387 e. The number of rotatable bonds is 17. The van der Waals surface area contributed by atoms with E-state index < -0.39 is 60.6 Å². The maximum atomic E-state index is 13.2. The second-order valence-electron chi connectivity index (χ2n) is 12.4. The van der Waals surface area contributed by atoms with Crippen LogP contribution in [-0.2, 0) is 41.5 Å². The molecule has 1 aromatic heterocycles. The summed E-state index contributed by atoms with van der Waals surface area (Å²) in [6.07, 6.45) is 3.30. The average molecular weight is 789 g/mol. The van der Waals surface area contributed by atoms with E-state index in [-0.39, 0.29) is 57.5 Å². The van der Waals surface area contributed by atoms with Crippen LogP contribution in [0.1, 0.15) is 61.2 Å². The predicted octanol–water partition coefficient (Wildman–Crippen LogP) is 6.41. The molecule has 0 spiro atoms. The number of halogens is 4. The Morgan fingerprint density at radius 2 is 1.69 bits per heavy atom. The summed E-state index contributed by atoms with van der Waals surface area (Å²) in [5, 5.41) is 0.329. The van der Waals surface area contributed by atoms with E-state index in [1.807, 2.05) is 0 Å². The van der Waals surface area contributed by atoms with Crippen LogP contribution < -0.4 is 18.5 Å². The fraction of sp³-hybridized carbons (Fsp3) is 0.412. The Labute approximate surface area is 310 Å². The molecule has 282 valence electrons. The molecule has 13 nitrogen and oxygen atoms in total. The van der Waals surface area contributed by atoms with E-state index in [0.717, 1.165) is 18.9 Å². The van der Waals surface area contributed by atoms with Gasteiger partial charge in [-0.3, -0.25) is 18.3 Å². The van der Waals surface area contributed by atoms with Crippen LogP contribution in [0.3, 0.4) is 0 Å². The van der Waals surface area contributed by atoms with Crippen LogP contribution in [0, 0.1) is 5.92 Å². The lowest BCUT2D eigenvalue weighted by Gasteiger charge is -2.29. The van der Waals surface area contributed by atoms with Crippen LogP contribution in [0.15, 0.2) is 48.8 Å². The third kappa shape index (κ3) is 11.9. The van der Waals surface area contributed by atoms with Gasteiger partial charge in [0.1, 0.15) is 24.0 Å². The quantitative estimate of drug-likeness (QED) is 0.0840. The Morgan fingerprint density at radius 3 is 2.29 bits per heavy atom. The SMILES string of the molecule is COc1ccc(C(=O)OCC(=O)O[C@@H](Cc2c(Cl)cncc2Cl)c2ccc(OC(F)F)c(OCC3CC3)c2)cc1N(CC(=O)OC(C)(C)C)S(=O)[O-]. The summed E-state index contributed by atoms with van der Waals surface area (Å²) in [6, 6.07) is 7.70. The van der Waals surface area contributed by atoms with Crippen molar-refractivity contribution in [1.29, 1.82) is 0 Å². The molecule has 1 saturated carbocycles. The number of anilines is 1. The van der Waals surface area contributed by atoms with Crippen molar-refractivity contribution in [2.24, 2.45) is 5.92 Å². The summed E-state index contributed by atoms with van der Waals surface area (Å²) in [5.74, 6) is -2.87. The van der Waals surface area contributed by atoms with E-state index in [4.69, 9.17) is 46.9 Å². The minimum absolute atomic E-state index is 0.000804. The number of nitrogens with zero attached hydrogens (tertiary/aromatic N) is 2. The molecular formula is C34H35Cl2F2N2O11S-. The van der Waals surface area contributed by atoms with Gasteiger partial charge in [0.25, 0.3) is 0 Å². The van der Waals surface area contributed by atoms with Crippen LogP contribution in [0.5, 0.6) is 17.2 Å². The van der Waals surface area contributed by atoms with Gasteiger partial charge in [-0.1, -0.05) is 29.3 Å². The fourth-order valence-corrected chi connectivity index (χ4v) is 5.72. The number of aromatic nitrogens is 1. The molecule has 1 aliphatic rings. The zero-order chi connectivity index (χ0) is 38.2. The van der Waals surface area contributed by atoms with Gasteiger partial charge in [0.2, 0.25) is 0 Å². The third-order valence-electron chi connectivity index (χ3n) is 7.22. The van der Waals surface area contributed by atoms with Crippen LogP contribution in [-0.4, -0.2) is 70.7 Å². The third-order valence-corrected chi connectivity index (χ3v) is 8.56. The van der Waals surface area contributed by atoms with Gasteiger partial charge in [-0.05, 0) is 81.0 Å². The molecule has 18 heteroatoms. The molecule has 0 aliphatic heterocycles. The van der Waals surface area contributed by atoms with Crippen LogP contribution in [0.2, 0.25) is 10.0 Å². The normalized spacial score (nSPS) is 13.9. The van der Waals surface area contributed by atoms with Gasteiger partial charge in [-0.25, -0.2) is 9.59 Å². The summed E-state index contributed by atoms with van der Waals surface area (Å²) in [6.45, 7) is 0.346. The Hall–Kier alpha value is -4.25. The molecule has 0 N–H and O–H groups in total. The number of hydrogen-bond acceptors (Lipinski definition) is 12. The highest BCUT2D eigenvalue weighted by Crippen LogP contribution is 2.38. The second kappa shape index (κ2) is 18.0. The summed E-state index contributed by atoms with van der Waals surface area (Å²) < 4.78 is 83.0. The van der Waals surface area contributed by atoms with E-state index in [0.29, 0.717) is 15.4 Å². The van der Waals surface area contributed by atoms with E-state index in [9.17, 15) is 31.9 Å². The van der Waals surface area contributed by atoms with Gasteiger partial charge in [0.05, 0.1) is 35.0 Å². The van der Waals surface area contributed by atoms with Crippen molar-refractivity contribution in [3.63, 3.8) is 0 Å². The summed E-state index contributed by atoms with van der Waals surface area (Å²) in [7, 11) is 1.26. The standard InChI is InChI=1S/C34H36Cl2F2N2O11S/c1-34(2,3)51-30(41)16-40(52(44)45)25-11-21(8-9-26(25)46-4)32(43)48-18-31(42)49-28(13-22-23(35)14-39-15-24(22)36)20-7-10-27(50-33(37)38)29(12-20)47-17-19-5-6-19/h7-12,14-15,19,28,33H,5-6,13,16-18H2,1-4H3,(H,44,45)/p-1/t28-/m0/s1. The van der Waals surface area contributed by atoms with Gasteiger partial charge in [-0.15, -0.1) is 0 Å². The maximum absolute atomic E-state index is 13.2. The Bertz CT molecular complexity index is 1770. The van der Waals surface area contributed by atoms with E-state index >= 15 is 0 Å². The van der Waals surface area contributed by atoms with Crippen LogP contribution >= 0.6 is 23.2 Å². The number of carbonyl (C=O) groups is 3. The number of hydrogen-bond donors (Lipinski definition) is 0. The molecule has 1 aliphatic carbocycles. The first-order valence-corrected chi connectivity index (χ1v) is 17.5. The molecule has 3 aromatic rings. The Morgan fingerprint density at radius 1 is 1.02 bits per heavy atom. The zero-order valence-corrected chi connectivity index (χ0v) is 30.7. The molecule has 1 unspecified atom stereocenters. The molecule has 1 heterocycles. The number of benzene rings is 2. The molecule has 0 radical (unpaired) electrons. The lowest BCUT2D eigenvalue weighted by Crippen LogP contribution is -2.36. The van der Waals surface area contributed by atoms with Crippen molar-refractivity contribution in [3.8, 4) is 17.2 Å². The number of alkyl halides is 2. The van der Waals surface area contributed by atoms with Crippen molar-refractivity contribution in [2.75, 3.05) is 31.2 Å². The number of ether oxygens (including phenoxy) is 6. The van der Waals surface area contributed by atoms with E-state index in [1.54, 1.807) is 20.8 Å². The smallest absolute Gasteiger partial charge is 0.387 e. The minimum Gasteiger partial charge on any atom is -0.755 e. The van der Waals surface area contributed by atoms with Crippen LogP contribution in [0.25, 0.3) is 0 Å². The van der Waals surface area contributed by atoms with E-state index in [2.05, 4.69) is 9.72 Å². The molecular weight excluding hydrogens is 753 g/mol. The lowest BCUT2D eigenvalue weighted by atomic mass is 10.0. The largest absolute Gasteiger partial charge is 0.755 e. The predicted molar refractivity (Wildman–Crippen MR) is 183 cm³/mol. The van der Waals surface area contributed by atoms with Gasteiger partial charge in [0, 0.05) is 30.1 Å². The van der Waals surface area contributed by atoms with Gasteiger partial charge < -0.3 is 33.0 Å². The molecule has 0 bridgehead atoms. The number of carbonyl (C=O) groups excluding carboxylic acids is 3. The average Bonchev–Trinajstić information content (AvgIpc) is 3.90. The molecule has 2 atom stereocenters. The molecule has 4 rings (SSSR count). The molecule has 0 amide bonds. The Kier molecular flexibility index (Phi) is 14.0. The molecule has 0 saturated heterocycles. The zero-order valence-electron chi connectivity index (χ0n) is 28.4. The van der Waals surface area contributed by atoms with Crippen LogP contribution in [0.4, 0.5) is 14.5 Å². The minimum atomic E-state index is -3.12. The Balaban J connectivity index is 1.54. The highest BCUT2D eigenvalue weighted by molar-refractivity contribution is 7.80. The highest BCUT2D eigenvalue weighted by Gasteiger charge is 2.27. The summed E-state index contributed by atoms with van der Waals surface area (Å²) >= 11 is 9.69. The fourth-order valence-electron chi connectivity index (χ4n) is 4.69. The second-order valence-corrected chi connectivity index (χ2v) is 14.1. The van der Waals surface area contributed by atoms with Gasteiger partial charge >= 0.3 is 24.5 Å². The highest BCUT2D eigenvalue weighted by atomic mass is 35.5. The first-order chi connectivity index (χ1) is 24.5. The van der Waals surface area contributed by atoms with Crippen molar-refractivity contribution in [3.05, 3.63) is 75.5 Å². The summed E-state index contributed by atoms with van der Waals surface area (Å²) in [4.78, 5) is 42.6. The van der Waals surface area contributed by atoms with Crippen molar-refractivity contribution < 1.29 is 60.3 Å². The van der Waals surface area contributed by atoms with Crippen molar-refractivity contribution in [2.45, 2.75) is 58.4 Å². The molecule has 52 heavy (non-hydrogen) atoms. The van der Waals surface area contributed by atoms with Gasteiger partial charge in [-0.2, -0.15) is 8.78 Å².